The van der Waals surface area contributed by atoms with Crippen LogP contribution in [0.15, 0.2) is 35.5 Å². The molecule has 0 bridgehead atoms. The molecule has 6 rings (SSSR count). The van der Waals surface area contributed by atoms with Gasteiger partial charge in [0.1, 0.15) is 16.8 Å². The largest absolute Gasteiger partial charge is 0.306 e. The van der Waals surface area contributed by atoms with Crippen LogP contribution < -0.4 is 5.32 Å². The molecule has 4 heterocycles. The lowest BCUT2D eigenvalue weighted by Gasteiger charge is -2.16. The Balaban J connectivity index is 0.000000115. The molecule has 6 nitrogen and oxygen atoms in total. The fourth-order valence-electron chi connectivity index (χ4n) is 3.33. The number of aromatic nitrogens is 3. The lowest BCUT2D eigenvalue weighted by molar-refractivity contribution is -0.351. The van der Waals surface area contributed by atoms with Crippen LogP contribution in [0.1, 0.15) is 37.4 Å². The lowest BCUT2D eigenvalue weighted by Crippen LogP contribution is -2.40. The van der Waals surface area contributed by atoms with E-state index in [1.165, 1.54) is 31.5 Å². The number of rotatable bonds is 2. The highest BCUT2D eigenvalue weighted by Crippen LogP contribution is 2.39. The molecule has 1 unspecified atom stereocenters. The van der Waals surface area contributed by atoms with Gasteiger partial charge in [0.25, 0.3) is 0 Å². The van der Waals surface area contributed by atoms with Gasteiger partial charge in [0.05, 0.1) is 24.9 Å². The summed E-state index contributed by atoms with van der Waals surface area (Å²) in [5.74, 6) is 3.65. The first-order chi connectivity index (χ1) is 12.7. The van der Waals surface area contributed by atoms with Crippen molar-refractivity contribution in [1.82, 2.24) is 19.7 Å². The topological polar surface area (TPSA) is 57.6 Å². The third-order valence-corrected chi connectivity index (χ3v) is 5.68. The molecule has 2 aliphatic heterocycles. The molecule has 1 N–H and O–H groups in total. The van der Waals surface area contributed by atoms with E-state index < -0.39 is 0 Å². The SMILES string of the molecule is ClC1NCC=[N+]2C1=CN=C2C1CC1.Clc1nccn2c(C3CC3)ncc12. The van der Waals surface area contributed by atoms with Crippen LogP contribution >= 0.6 is 23.2 Å². The molecule has 0 spiro atoms. The van der Waals surface area contributed by atoms with Crippen molar-refractivity contribution in [3.05, 3.63) is 41.5 Å². The summed E-state index contributed by atoms with van der Waals surface area (Å²) in [6, 6.07) is 0. The van der Waals surface area contributed by atoms with Crippen molar-refractivity contribution >= 4 is 40.8 Å². The first-order valence-corrected chi connectivity index (χ1v) is 9.79. The van der Waals surface area contributed by atoms with Crippen molar-refractivity contribution in [3.63, 3.8) is 0 Å². The van der Waals surface area contributed by atoms with Gasteiger partial charge in [0, 0.05) is 18.3 Å². The van der Waals surface area contributed by atoms with E-state index in [-0.39, 0.29) is 5.50 Å². The predicted octanol–water partition coefficient (Wildman–Crippen LogP) is 3.16. The minimum atomic E-state index is -0.0787. The summed E-state index contributed by atoms with van der Waals surface area (Å²) in [6.45, 7) is 0.831. The number of hydrogen-bond donors (Lipinski definition) is 1. The smallest absolute Gasteiger partial charge is 0.299 e. The molecule has 1 atom stereocenters. The van der Waals surface area contributed by atoms with E-state index in [0.29, 0.717) is 17.0 Å². The molecule has 4 aliphatic rings. The monoisotopic (exact) mass is 389 g/mol. The third kappa shape index (κ3) is 2.96. The Labute approximate surface area is 161 Å². The Hall–Kier alpha value is -1.76. The van der Waals surface area contributed by atoms with E-state index in [9.17, 15) is 0 Å². The number of amidine groups is 1. The standard InChI is InChI=1S/C9H11ClN3.C9H8ClN3/c2*10-8-7-5-12-9(6-1-2-6)13(7)4-3-11-8/h4-6,8,11H,1-3H2;3-6H,1-2H2/q+1;. The zero-order valence-corrected chi connectivity index (χ0v) is 15.7. The van der Waals surface area contributed by atoms with Gasteiger partial charge in [-0.25, -0.2) is 9.97 Å². The second-order valence-corrected chi connectivity index (χ2v) is 7.80. The summed E-state index contributed by atoms with van der Waals surface area (Å²) < 4.78 is 4.19. The number of nitrogens with zero attached hydrogens (tertiary/aromatic N) is 5. The number of halogens is 2. The zero-order chi connectivity index (χ0) is 17.7. The van der Waals surface area contributed by atoms with Gasteiger partial charge >= 0.3 is 5.84 Å². The molecular formula is C18H19Cl2N6+. The molecule has 0 radical (unpaired) electrons. The number of fused-ring (bicyclic) bond motifs is 2. The number of hydrogen-bond acceptors (Lipinski definition) is 4. The summed E-state index contributed by atoms with van der Waals surface area (Å²) >= 11 is 12.0. The average molecular weight is 390 g/mol. The molecule has 2 aliphatic carbocycles. The van der Waals surface area contributed by atoms with Crippen molar-refractivity contribution in [2.45, 2.75) is 37.1 Å². The lowest BCUT2D eigenvalue weighted by atomic mass is 10.3. The molecule has 26 heavy (non-hydrogen) atoms. The first kappa shape index (κ1) is 16.4. The van der Waals surface area contributed by atoms with E-state index in [2.05, 4.69) is 31.1 Å². The zero-order valence-electron chi connectivity index (χ0n) is 14.1. The fraction of sp³-hybridized carbons (Fsp3) is 0.444. The quantitative estimate of drug-likeness (QED) is 0.487. The normalized spacial score (nSPS) is 24.4. The van der Waals surface area contributed by atoms with Crippen molar-refractivity contribution < 1.29 is 4.58 Å². The second kappa shape index (κ2) is 6.44. The molecule has 8 heteroatoms. The van der Waals surface area contributed by atoms with Gasteiger partial charge in [0.15, 0.2) is 17.1 Å². The van der Waals surface area contributed by atoms with Gasteiger partial charge in [-0.05, 0) is 30.7 Å². The van der Waals surface area contributed by atoms with Crippen LogP contribution in [0.25, 0.3) is 5.52 Å². The van der Waals surface area contributed by atoms with Crippen LogP contribution in [-0.2, 0) is 0 Å². The van der Waals surface area contributed by atoms with Crippen LogP contribution in [0.4, 0.5) is 0 Å². The van der Waals surface area contributed by atoms with Crippen molar-refractivity contribution in [2.24, 2.45) is 10.9 Å². The summed E-state index contributed by atoms with van der Waals surface area (Å²) in [4.78, 5) is 12.8. The predicted molar refractivity (Wildman–Crippen MR) is 102 cm³/mol. The minimum absolute atomic E-state index is 0.0787. The van der Waals surface area contributed by atoms with Gasteiger partial charge in [-0.15, -0.1) is 0 Å². The van der Waals surface area contributed by atoms with E-state index in [0.717, 1.165) is 23.6 Å². The molecule has 2 saturated carbocycles. The summed E-state index contributed by atoms with van der Waals surface area (Å²) in [5, 5.41) is 3.69. The van der Waals surface area contributed by atoms with Crippen LogP contribution in [0.5, 0.6) is 0 Å². The summed E-state index contributed by atoms with van der Waals surface area (Å²) in [6.07, 6.45) is 14.5. The maximum atomic E-state index is 6.09. The Morgan fingerprint density at radius 1 is 1.15 bits per heavy atom. The molecule has 2 aromatic rings. The molecule has 0 aromatic carbocycles. The van der Waals surface area contributed by atoms with Gasteiger partial charge in [0.2, 0.25) is 0 Å². The van der Waals surface area contributed by atoms with Gasteiger partial charge < -0.3 is 0 Å². The maximum absolute atomic E-state index is 6.09. The molecule has 0 saturated heterocycles. The third-order valence-electron chi connectivity index (χ3n) is 5.01. The van der Waals surface area contributed by atoms with Crippen LogP contribution in [0.3, 0.4) is 0 Å². The summed E-state index contributed by atoms with van der Waals surface area (Å²) in [5.41, 5.74) is 1.91. The molecule has 2 fully saturated rings. The van der Waals surface area contributed by atoms with Crippen LogP contribution in [0, 0.1) is 5.92 Å². The van der Waals surface area contributed by atoms with Gasteiger partial charge in [-0.1, -0.05) is 23.2 Å². The number of alkyl halides is 1. The van der Waals surface area contributed by atoms with Crippen molar-refractivity contribution in [1.29, 1.82) is 0 Å². The minimum Gasteiger partial charge on any atom is -0.299 e. The van der Waals surface area contributed by atoms with E-state index in [1.807, 2.05) is 16.8 Å². The van der Waals surface area contributed by atoms with E-state index in [4.69, 9.17) is 23.2 Å². The van der Waals surface area contributed by atoms with Crippen molar-refractivity contribution in [3.8, 4) is 0 Å². The van der Waals surface area contributed by atoms with Crippen LogP contribution in [0.2, 0.25) is 5.15 Å². The highest BCUT2D eigenvalue weighted by molar-refractivity contribution is 6.32. The number of nitrogens with one attached hydrogen (secondary N) is 1. The molecular weight excluding hydrogens is 371 g/mol. The average Bonchev–Trinajstić information content (AvgIpc) is 3.58. The van der Waals surface area contributed by atoms with E-state index >= 15 is 0 Å². The Bertz CT molecular complexity index is 952. The molecule has 0 amide bonds. The fourth-order valence-corrected chi connectivity index (χ4v) is 3.78. The van der Waals surface area contributed by atoms with Crippen molar-refractivity contribution in [2.75, 3.05) is 6.54 Å². The first-order valence-electron chi connectivity index (χ1n) is 8.97. The Morgan fingerprint density at radius 3 is 2.73 bits per heavy atom. The Kier molecular flexibility index (Phi) is 4.07. The van der Waals surface area contributed by atoms with E-state index in [1.54, 1.807) is 12.4 Å². The second-order valence-electron chi connectivity index (χ2n) is 7.00. The highest BCUT2D eigenvalue weighted by Gasteiger charge is 2.42. The number of imidazole rings is 1. The molecule has 2 aromatic heterocycles. The molecule has 134 valence electrons. The van der Waals surface area contributed by atoms with Gasteiger partial charge in [-0.2, -0.15) is 4.58 Å². The highest BCUT2D eigenvalue weighted by atomic mass is 35.5. The number of aliphatic imine (C=N–C) groups is 1. The maximum Gasteiger partial charge on any atom is 0.306 e. The van der Waals surface area contributed by atoms with Crippen LogP contribution in [-0.4, -0.2) is 43.0 Å². The Morgan fingerprint density at radius 2 is 1.96 bits per heavy atom. The summed E-state index contributed by atoms with van der Waals surface area (Å²) in [7, 11) is 0. The van der Waals surface area contributed by atoms with Gasteiger partial charge in [-0.3, -0.25) is 9.72 Å².